The molecule has 0 unspecified atom stereocenters. The fourth-order valence-electron chi connectivity index (χ4n) is 3.45. The van der Waals surface area contributed by atoms with Crippen molar-refractivity contribution >= 4 is 10.2 Å². The zero-order valence-electron chi connectivity index (χ0n) is 12.4. The van der Waals surface area contributed by atoms with Gasteiger partial charge in [-0.3, -0.25) is 0 Å². The zero-order valence-corrected chi connectivity index (χ0v) is 13.2. The monoisotopic (exact) mass is 324 g/mol. The molecule has 1 aliphatic carbocycles. The van der Waals surface area contributed by atoms with Crippen LogP contribution < -0.4 is 14.2 Å². The van der Waals surface area contributed by atoms with Crippen molar-refractivity contribution in [1.29, 1.82) is 0 Å². The second-order valence-electron chi connectivity index (χ2n) is 6.16. The largest absolute Gasteiger partial charge is 0.454 e. The van der Waals surface area contributed by atoms with Crippen LogP contribution in [-0.4, -0.2) is 32.1 Å². The van der Waals surface area contributed by atoms with Crippen LogP contribution in [0.15, 0.2) is 12.1 Å². The average molecular weight is 324 g/mol. The SMILES string of the molecule is O=S(=O)(NC1CCCC1)N1CCc2cc3c(cc2C1)OCO3. The molecule has 0 saturated heterocycles. The Morgan fingerprint density at radius 1 is 1.09 bits per heavy atom. The van der Waals surface area contributed by atoms with E-state index in [1.54, 1.807) is 0 Å². The highest BCUT2D eigenvalue weighted by molar-refractivity contribution is 7.87. The number of nitrogens with one attached hydrogen (secondary N) is 1. The third kappa shape index (κ3) is 2.57. The number of ether oxygens (including phenoxy) is 2. The molecule has 4 rings (SSSR count). The maximum Gasteiger partial charge on any atom is 0.280 e. The maximum atomic E-state index is 12.5. The van der Waals surface area contributed by atoms with E-state index in [2.05, 4.69) is 4.72 Å². The van der Waals surface area contributed by atoms with Crippen molar-refractivity contribution in [3.05, 3.63) is 23.3 Å². The van der Waals surface area contributed by atoms with Gasteiger partial charge in [-0.1, -0.05) is 12.8 Å². The standard InChI is InChI=1S/C15H20N2O4S/c18-22(19,16-13-3-1-2-4-13)17-6-5-11-7-14-15(21-10-20-14)8-12(11)9-17/h7-8,13,16H,1-6,9-10H2. The lowest BCUT2D eigenvalue weighted by molar-refractivity contribution is 0.174. The summed E-state index contributed by atoms with van der Waals surface area (Å²) < 4.78 is 40.2. The molecule has 3 aliphatic rings. The van der Waals surface area contributed by atoms with Crippen LogP contribution in [0.25, 0.3) is 0 Å². The Morgan fingerprint density at radius 3 is 2.50 bits per heavy atom. The van der Waals surface area contributed by atoms with Gasteiger partial charge in [-0.25, -0.2) is 0 Å². The summed E-state index contributed by atoms with van der Waals surface area (Å²) in [7, 11) is -3.41. The molecule has 1 aromatic carbocycles. The van der Waals surface area contributed by atoms with Crippen molar-refractivity contribution in [2.45, 2.75) is 44.7 Å². The molecule has 1 N–H and O–H groups in total. The Balaban J connectivity index is 1.53. The summed E-state index contributed by atoms with van der Waals surface area (Å²) in [6.45, 7) is 1.15. The fourth-order valence-corrected chi connectivity index (χ4v) is 4.90. The lowest BCUT2D eigenvalue weighted by Crippen LogP contribution is -2.46. The van der Waals surface area contributed by atoms with Gasteiger partial charge in [0, 0.05) is 19.1 Å². The Labute approximate surface area is 130 Å². The van der Waals surface area contributed by atoms with Crippen molar-refractivity contribution in [2.24, 2.45) is 0 Å². The van der Waals surface area contributed by atoms with E-state index in [0.29, 0.717) is 25.3 Å². The second-order valence-corrected chi connectivity index (χ2v) is 7.86. The van der Waals surface area contributed by atoms with E-state index in [1.807, 2.05) is 12.1 Å². The molecule has 22 heavy (non-hydrogen) atoms. The van der Waals surface area contributed by atoms with Crippen LogP contribution in [0.1, 0.15) is 36.8 Å². The molecule has 0 atom stereocenters. The second kappa shape index (κ2) is 5.40. The molecule has 0 amide bonds. The highest BCUT2D eigenvalue weighted by Gasteiger charge is 2.31. The summed E-state index contributed by atoms with van der Waals surface area (Å²) in [5.74, 6) is 1.47. The van der Waals surface area contributed by atoms with E-state index >= 15 is 0 Å². The normalized spacial score (nSPS) is 22.0. The van der Waals surface area contributed by atoms with E-state index in [0.717, 1.165) is 42.6 Å². The first-order valence-corrected chi connectivity index (χ1v) is 9.25. The van der Waals surface area contributed by atoms with E-state index in [-0.39, 0.29) is 12.8 Å². The van der Waals surface area contributed by atoms with Crippen LogP contribution >= 0.6 is 0 Å². The molecular weight excluding hydrogens is 304 g/mol. The van der Waals surface area contributed by atoms with Crippen LogP contribution in [0.2, 0.25) is 0 Å². The number of nitrogens with zero attached hydrogens (tertiary/aromatic N) is 1. The van der Waals surface area contributed by atoms with Gasteiger partial charge in [-0.05, 0) is 42.5 Å². The van der Waals surface area contributed by atoms with Crippen LogP contribution in [0.3, 0.4) is 0 Å². The van der Waals surface area contributed by atoms with Gasteiger partial charge < -0.3 is 9.47 Å². The molecule has 7 heteroatoms. The smallest absolute Gasteiger partial charge is 0.280 e. The fraction of sp³-hybridized carbons (Fsp3) is 0.600. The van der Waals surface area contributed by atoms with Crippen LogP contribution in [0.4, 0.5) is 0 Å². The summed E-state index contributed by atoms with van der Waals surface area (Å²) in [6.07, 6.45) is 4.82. The topological polar surface area (TPSA) is 67.9 Å². The van der Waals surface area contributed by atoms with E-state index in [4.69, 9.17) is 9.47 Å². The van der Waals surface area contributed by atoms with E-state index < -0.39 is 10.2 Å². The Hall–Kier alpha value is -1.31. The molecule has 2 aliphatic heterocycles. The first-order valence-electron chi connectivity index (χ1n) is 7.81. The summed E-state index contributed by atoms with van der Waals surface area (Å²) in [4.78, 5) is 0. The molecule has 1 aromatic rings. The summed E-state index contributed by atoms with van der Waals surface area (Å²) in [6, 6.07) is 3.99. The number of fused-ring (bicyclic) bond motifs is 2. The number of hydrogen-bond donors (Lipinski definition) is 1. The first-order chi connectivity index (χ1) is 10.6. The molecule has 1 fully saturated rings. The van der Waals surface area contributed by atoms with Gasteiger partial charge in [0.2, 0.25) is 6.79 Å². The van der Waals surface area contributed by atoms with Crippen molar-refractivity contribution in [3.8, 4) is 11.5 Å². The number of rotatable bonds is 3. The van der Waals surface area contributed by atoms with Crippen molar-refractivity contribution in [1.82, 2.24) is 9.03 Å². The van der Waals surface area contributed by atoms with Gasteiger partial charge in [0.05, 0.1) is 0 Å². The van der Waals surface area contributed by atoms with Crippen LogP contribution in [-0.2, 0) is 23.2 Å². The van der Waals surface area contributed by atoms with Gasteiger partial charge in [0.25, 0.3) is 10.2 Å². The van der Waals surface area contributed by atoms with Gasteiger partial charge in [0.1, 0.15) is 0 Å². The lowest BCUT2D eigenvalue weighted by Gasteiger charge is -2.29. The molecule has 2 heterocycles. The molecule has 120 valence electrons. The molecule has 0 aromatic heterocycles. The minimum atomic E-state index is -3.41. The molecular formula is C15H20N2O4S. The van der Waals surface area contributed by atoms with Gasteiger partial charge in [-0.2, -0.15) is 17.4 Å². The van der Waals surface area contributed by atoms with E-state index in [1.165, 1.54) is 4.31 Å². The minimum Gasteiger partial charge on any atom is -0.454 e. The summed E-state index contributed by atoms with van der Waals surface area (Å²) in [5, 5.41) is 0. The Kier molecular flexibility index (Phi) is 3.51. The third-order valence-electron chi connectivity index (χ3n) is 4.68. The van der Waals surface area contributed by atoms with Crippen LogP contribution in [0, 0.1) is 0 Å². The number of hydrogen-bond acceptors (Lipinski definition) is 4. The molecule has 0 radical (unpaired) electrons. The van der Waals surface area contributed by atoms with Gasteiger partial charge >= 0.3 is 0 Å². The highest BCUT2D eigenvalue weighted by Crippen LogP contribution is 2.37. The third-order valence-corrected chi connectivity index (χ3v) is 6.31. The predicted octanol–water partition coefficient (Wildman–Crippen LogP) is 1.55. The summed E-state index contributed by atoms with van der Waals surface area (Å²) >= 11 is 0. The Morgan fingerprint density at radius 2 is 1.77 bits per heavy atom. The maximum absolute atomic E-state index is 12.5. The van der Waals surface area contributed by atoms with Crippen LogP contribution in [0.5, 0.6) is 11.5 Å². The molecule has 6 nitrogen and oxygen atoms in total. The minimum absolute atomic E-state index is 0.100. The molecule has 0 spiro atoms. The molecule has 0 bridgehead atoms. The van der Waals surface area contributed by atoms with E-state index in [9.17, 15) is 8.42 Å². The molecule has 1 saturated carbocycles. The van der Waals surface area contributed by atoms with Gasteiger partial charge in [-0.15, -0.1) is 0 Å². The first kappa shape index (κ1) is 14.3. The van der Waals surface area contributed by atoms with Crippen molar-refractivity contribution in [3.63, 3.8) is 0 Å². The highest BCUT2D eigenvalue weighted by atomic mass is 32.2. The van der Waals surface area contributed by atoms with Gasteiger partial charge in [0.15, 0.2) is 11.5 Å². The lowest BCUT2D eigenvalue weighted by atomic mass is 10.0. The summed E-state index contributed by atoms with van der Waals surface area (Å²) in [5.41, 5.74) is 2.16. The van der Waals surface area contributed by atoms with Crippen molar-refractivity contribution in [2.75, 3.05) is 13.3 Å². The zero-order chi connectivity index (χ0) is 15.2. The average Bonchev–Trinajstić information content (AvgIpc) is 3.14. The Bertz CT molecular complexity index is 683. The predicted molar refractivity (Wildman–Crippen MR) is 81.0 cm³/mol. The number of benzene rings is 1. The quantitative estimate of drug-likeness (QED) is 0.916. The van der Waals surface area contributed by atoms with Crippen molar-refractivity contribution < 1.29 is 17.9 Å².